The van der Waals surface area contributed by atoms with Crippen LogP contribution in [0.25, 0.3) is 0 Å². The van der Waals surface area contributed by atoms with Gasteiger partial charge < -0.3 is 5.73 Å². The van der Waals surface area contributed by atoms with Crippen molar-refractivity contribution in [2.75, 3.05) is 0 Å². The largest absolute Gasteiger partial charge is 0.363 e. The SMILES string of the molecule is NC(=O)c1nc(CC2CCC(F)(F)CC2)nn1CCC(F)F. The maximum absolute atomic E-state index is 13.1. The lowest BCUT2D eigenvalue weighted by Gasteiger charge is -2.27. The number of amides is 1. The van der Waals surface area contributed by atoms with Crippen molar-refractivity contribution in [1.82, 2.24) is 14.8 Å². The minimum atomic E-state index is -2.61. The van der Waals surface area contributed by atoms with Crippen LogP contribution in [0.1, 0.15) is 48.5 Å². The summed E-state index contributed by atoms with van der Waals surface area (Å²) >= 11 is 0. The standard InChI is InChI=1S/C13H18F4N4O/c14-9(15)3-6-21-12(11(18)22)19-10(20-21)7-8-1-4-13(16,17)5-2-8/h8-9H,1-7H2,(H2,18,22). The minimum absolute atomic E-state index is 0.00583. The van der Waals surface area contributed by atoms with Crippen molar-refractivity contribution in [1.29, 1.82) is 0 Å². The molecule has 5 nitrogen and oxygen atoms in total. The zero-order chi connectivity index (χ0) is 16.3. The summed E-state index contributed by atoms with van der Waals surface area (Å²) in [5.41, 5.74) is 5.15. The van der Waals surface area contributed by atoms with Gasteiger partial charge in [0.2, 0.25) is 18.2 Å². The van der Waals surface area contributed by atoms with Crippen LogP contribution in [0.15, 0.2) is 0 Å². The predicted molar refractivity (Wildman–Crippen MR) is 69.8 cm³/mol. The third-order valence-corrected chi connectivity index (χ3v) is 3.80. The Morgan fingerprint density at radius 2 is 2.00 bits per heavy atom. The smallest absolute Gasteiger partial charge is 0.286 e. The van der Waals surface area contributed by atoms with Crippen LogP contribution in [-0.4, -0.2) is 33.0 Å². The number of nitrogens with two attached hydrogens (primary N) is 1. The summed E-state index contributed by atoms with van der Waals surface area (Å²) in [6.07, 6.45) is -2.28. The van der Waals surface area contributed by atoms with Crippen LogP contribution < -0.4 is 5.73 Å². The number of nitrogens with zero attached hydrogens (tertiary/aromatic N) is 3. The van der Waals surface area contributed by atoms with Gasteiger partial charge in [-0.15, -0.1) is 0 Å². The van der Waals surface area contributed by atoms with E-state index in [-0.39, 0.29) is 31.1 Å². The predicted octanol–water partition coefficient (Wildman–Crippen LogP) is 2.40. The van der Waals surface area contributed by atoms with E-state index in [2.05, 4.69) is 10.1 Å². The molecule has 124 valence electrons. The van der Waals surface area contributed by atoms with Gasteiger partial charge in [-0.2, -0.15) is 5.10 Å². The summed E-state index contributed by atoms with van der Waals surface area (Å²) in [5, 5.41) is 4.02. The molecule has 22 heavy (non-hydrogen) atoms. The van der Waals surface area contributed by atoms with E-state index in [9.17, 15) is 22.4 Å². The Morgan fingerprint density at radius 3 is 2.55 bits per heavy atom. The molecule has 2 N–H and O–H groups in total. The van der Waals surface area contributed by atoms with Crippen LogP contribution in [-0.2, 0) is 13.0 Å². The van der Waals surface area contributed by atoms with Crippen LogP contribution in [0.3, 0.4) is 0 Å². The first-order valence-corrected chi connectivity index (χ1v) is 7.16. The van der Waals surface area contributed by atoms with E-state index in [1.165, 1.54) is 0 Å². The first-order chi connectivity index (χ1) is 10.3. The maximum atomic E-state index is 13.1. The van der Waals surface area contributed by atoms with E-state index in [4.69, 9.17) is 5.73 Å². The summed E-state index contributed by atoms with van der Waals surface area (Å²) in [7, 11) is 0. The second-order valence-electron chi connectivity index (χ2n) is 5.62. The van der Waals surface area contributed by atoms with E-state index in [0.29, 0.717) is 25.1 Å². The van der Waals surface area contributed by atoms with Crippen LogP contribution in [0.2, 0.25) is 0 Å². The summed E-state index contributed by atoms with van der Waals surface area (Å²) in [5.74, 6) is -3.33. The van der Waals surface area contributed by atoms with Gasteiger partial charge in [0.25, 0.3) is 5.91 Å². The number of primary amides is 1. The highest BCUT2D eigenvalue weighted by Crippen LogP contribution is 2.37. The van der Waals surface area contributed by atoms with Gasteiger partial charge >= 0.3 is 0 Å². The number of hydrogen-bond acceptors (Lipinski definition) is 3. The van der Waals surface area contributed by atoms with E-state index >= 15 is 0 Å². The van der Waals surface area contributed by atoms with Crippen molar-refractivity contribution >= 4 is 5.91 Å². The Bertz CT molecular complexity index is 522. The molecule has 0 atom stereocenters. The fraction of sp³-hybridized carbons (Fsp3) is 0.769. The van der Waals surface area contributed by atoms with Crippen molar-refractivity contribution in [3.63, 3.8) is 0 Å². The Hall–Kier alpha value is -1.67. The molecule has 0 aliphatic heterocycles. The fourth-order valence-corrected chi connectivity index (χ4v) is 2.60. The summed E-state index contributed by atoms with van der Waals surface area (Å²) < 4.78 is 51.8. The highest BCUT2D eigenvalue weighted by Gasteiger charge is 2.35. The van der Waals surface area contributed by atoms with Crippen molar-refractivity contribution < 1.29 is 22.4 Å². The highest BCUT2D eigenvalue weighted by molar-refractivity contribution is 5.89. The molecule has 1 saturated carbocycles. The number of hydrogen-bond donors (Lipinski definition) is 1. The summed E-state index contributed by atoms with van der Waals surface area (Å²) in [6.45, 7) is -0.161. The molecule has 1 aliphatic carbocycles. The first-order valence-electron chi connectivity index (χ1n) is 7.16. The van der Waals surface area contributed by atoms with E-state index in [1.807, 2.05) is 0 Å². The molecule has 1 heterocycles. The molecule has 0 saturated heterocycles. The first kappa shape index (κ1) is 16.7. The summed E-state index contributed by atoms with van der Waals surface area (Å²) in [6, 6.07) is 0. The third-order valence-electron chi connectivity index (χ3n) is 3.80. The van der Waals surface area contributed by atoms with Gasteiger partial charge in [-0.1, -0.05) is 0 Å². The van der Waals surface area contributed by atoms with E-state index < -0.39 is 24.7 Å². The third kappa shape index (κ3) is 4.41. The number of aromatic nitrogens is 3. The molecule has 1 aliphatic rings. The molecule has 2 rings (SSSR count). The molecule has 0 spiro atoms. The number of alkyl halides is 4. The van der Waals surface area contributed by atoms with Crippen molar-refractivity contribution in [2.24, 2.45) is 11.7 Å². The van der Waals surface area contributed by atoms with Gasteiger partial charge in [0, 0.05) is 32.2 Å². The quantitative estimate of drug-likeness (QED) is 0.817. The lowest BCUT2D eigenvalue weighted by Crippen LogP contribution is -2.25. The fourth-order valence-electron chi connectivity index (χ4n) is 2.60. The molecule has 0 radical (unpaired) electrons. The van der Waals surface area contributed by atoms with Crippen molar-refractivity contribution in [3.05, 3.63) is 11.6 Å². The molecule has 0 unspecified atom stereocenters. The van der Waals surface area contributed by atoms with Gasteiger partial charge in [0.1, 0.15) is 0 Å². The van der Waals surface area contributed by atoms with Gasteiger partial charge in [-0.25, -0.2) is 27.2 Å². The van der Waals surface area contributed by atoms with Crippen LogP contribution in [0.5, 0.6) is 0 Å². The monoisotopic (exact) mass is 322 g/mol. The minimum Gasteiger partial charge on any atom is -0.363 e. The lowest BCUT2D eigenvalue weighted by molar-refractivity contribution is -0.0458. The van der Waals surface area contributed by atoms with Gasteiger partial charge in [0.05, 0.1) is 0 Å². The number of halogens is 4. The molecular weight excluding hydrogens is 304 g/mol. The average molecular weight is 322 g/mol. The molecule has 1 amide bonds. The molecule has 1 aromatic rings. The second kappa shape index (κ2) is 6.62. The molecule has 1 fully saturated rings. The molecule has 0 bridgehead atoms. The van der Waals surface area contributed by atoms with Crippen LogP contribution >= 0.6 is 0 Å². The topological polar surface area (TPSA) is 73.8 Å². The zero-order valence-corrected chi connectivity index (χ0v) is 11.9. The Labute approximate surface area is 124 Å². The van der Waals surface area contributed by atoms with Gasteiger partial charge in [-0.05, 0) is 18.8 Å². The Balaban J connectivity index is 2.02. The number of aryl methyl sites for hydroxylation is 1. The Morgan fingerprint density at radius 1 is 1.36 bits per heavy atom. The van der Waals surface area contributed by atoms with E-state index in [0.717, 1.165) is 4.68 Å². The van der Waals surface area contributed by atoms with Crippen LogP contribution in [0.4, 0.5) is 17.6 Å². The van der Waals surface area contributed by atoms with Gasteiger partial charge in [0.15, 0.2) is 5.82 Å². The zero-order valence-electron chi connectivity index (χ0n) is 11.9. The number of carbonyl (C=O) groups is 1. The average Bonchev–Trinajstić information content (AvgIpc) is 2.82. The normalized spacial score (nSPS) is 18.8. The number of carbonyl (C=O) groups excluding carboxylic acids is 1. The molecule has 0 aromatic carbocycles. The number of rotatable bonds is 6. The summed E-state index contributed by atoms with van der Waals surface area (Å²) in [4.78, 5) is 15.2. The maximum Gasteiger partial charge on any atom is 0.286 e. The Kier molecular flexibility index (Phi) is 5.02. The highest BCUT2D eigenvalue weighted by atomic mass is 19.3. The molecule has 9 heteroatoms. The van der Waals surface area contributed by atoms with Crippen LogP contribution in [0, 0.1) is 5.92 Å². The van der Waals surface area contributed by atoms with Crippen molar-refractivity contribution in [3.8, 4) is 0 Å². The molecule has 1 aromatic heterocycles. The lowest BCUT2D eigenvalue weighted by atomic mass is 9.85. The molecular formula is C13H18F4N4O. The second-order valence-corrected chi connectivity index (χ2v) is 5.62. The van der Waals surface area contributed by atoms with E-state index in [1.54, 1.807) is 0 Å². The van der Waals surface area contributed by atoms with Gasteiger partial charge in [-0.3, -0.25) is 4.79 Å². The van der Waals surface area contributed by atoms with Crippen molar-refractivity contribution in [2.45, 2.75) is 57.4 Å².